The molecule has 0 unspecified atom stereocenters. The molecule has 0 saturated heterocycles. The van der Waals surface area contributed by atoms with Crippen LogP contribution in [0.25, 0.3) is 0 Å². The van der Waals surface area contributed by atoms with E-state index in [4.69, 9.17) is 5.11 Å². The molecule has 0 rings (SSSR count). The van der Waals surface area contributed by atoms with Gasteiger partial charge in [-0.2, -0.15) is 0 Å². The van der Waals surface area contributed by atoms with Crippen LogP contribution in [0.1, 0.15) is 13.8 Å². The minimum absolute atomic E-state index is 0.176. The fraction of sp³-hybridized carbons (Fsp3) is 0.333. The number of hydrogen-bond donors (Lipinski definition) is 1. The van der Waals surface area contributed by atoms with Crippen LogP contribution in [0, 0.1) is 0 Å². The highest BCUT2D eigenvalue weighted by molar-refractivity contribution is 6.04. The third-order valence-corrected chi connectivity index (χ3v) is 1.23. The Balaban J connectivity index is 0. The van der Waals surface area contributed by atoms with Crippen LogP contribution >= 0.6 is 0 Å². The molecule has 0 aliphatic carbocycles. The molecule has 0 aromatic carbocycles. The van der Waals surface area contributed by atoms with E-state index in [0.29, 0.717) is 10.5 Å². The molecule has 64 valence electrons. The van der Waals surface area contributed by atoms with Gasteiger partial charge in [0.1, 0.15) is 0 Å². The second-order valence-electron chi connectivity index (χ2n) is 1.78. The summed E-state index contributed by atoms with van der Waals surface area (Å²) in [6.45, 7) is 6.00. The molecule has 0 aromatic heterocycles. The average Bonchev–Trinajstić information content (AvgIpc) is 1.89. The molecule has 0 aromatic rings. The second-order valence-corrected chi connectivity index (χ2v) is 2.19. The van der Waals surface area contributed by atoms with E-state index in [9.17, 15) is 9.59 Å². The molecule has 0 spiro atoms. The van der Waals surface area contributed by atoms with E-state index >= 15 is 0 Å². The summed E-state index contributed by atoms with van der Waals surface area (Å²) < 4.78 is 4.25. The highest BCUT2D eigenvalue weighted by Crippen LogP contribution is 1.81. The van der Waals surface area contributed by atoms with Crippen molar-refractivity contribution in [2.75, 3.05) is 0 Å². The Hall–Kier alpha value is -1.10. The predicted octanol–water partition coefficient (Wildman–Crippen LogP) is -0.523. The van der Waals surface area contributed by atoms with E-state index in [2.05, 4.69) is 11.0 Å². The smallest absolute Gasteiger partial charge is 0.330 e. The molecule has 0 heterocycles. The largest absolute Gasteiger partial charge is 0.529 e. The summed E-state index contributed by atoms with van der Waals surface area (Å²) in [5, 5.41) is 7.89. The molecule has 0 aliphatic rings. The monoisotopic (exact) mass is 176 g/mol. The molecule has 11 heavy (non-hydrogen) atoms. The van der Waals surface area contributed by atoms with Crippen LogP contribution in [0.3, 0.4) is 0 Å². The van der Waals surface area contributed by atoms with Crippen LogP contribution in [0.5, 0.6) is 0 Å². The molecule has 0 radical (unpaired) electrons. The van der Waals surface area contributed by atoms with E-state index < -0.39 is 5.97 Å². The van der Waals surface area contributed by atoms with E-state index in [1.165, 1.54) is 13.8 Å². The number of carbonyl (C=O) groups excluding carboxylic acids is 1. The average molecular weight is 176 g/mol. The summed E-state index contributed by atoms with van der Waals surface area (Å²) >= 11 is 0. The van der Waals surface area contributed by atoms with Gasteiger partial charge >= 0.3 is 5.97 Å². The van der Waals surface area contributed by atoms with Crippen molar-refractivity contribution in [2.24, 2.45) is 0 Å². The van der Waals surface area contributed by atoms with Crippen LogP contribution in [0.2, 0.25) is 0 Å². The number of carbonyl (C=O) groups is 2. The van der Waals surface area contributed by atoms with Crippen molar-refractivity contribution in [1.82, 2.24) is 0 Å². The molecular weight excluding hydrogens is 164 g/mol. The first-order chi connectivity index (χ1) is 4.91. The minimum Gasteiger partial charge on any atom is -0.529 e. The summed E-state index contributed by atoms with van der Waals surface area (Å²) in [5.74, 6) is -1.12. The third-order valence-electron chi connectivity index (χ3n) is 0.653. The van der Waals surface area contributed by atoms with Crippen molar-refractivity contribution in [2.45, 2.75) is 13.8 Å². The van der Waals surface area contributed by atoms with Gasteiger partial charge in [0.2, 0.25) is 10.5 Å². The summed E-state index contributed by atoms with van der Waals surface area (Å²) in [6, 6.07) is 0. The Kier molecular flexibility index (Phi) is 8.00. The maximum absolute atomic E-state index is 9.62. The van der Waals surface area contributed by atoms with Crippen molar-refractivity contribution in [1.29, 1.82) is 0 Å². The molecule has 4 nitrogen and oxygen atoms in total. The lowest BCUT2D eigenvalue weighted by Crippen LogP contribution is -1.92. The zero-order chi connectivity index (χ0) is 9.44. The number of hydrogen-bond acceptors (Lipinski definition) is 3. The van der Waals surface area contributed by atoms with E-state index in [1.54, 1.807) is 0 Å². The topological polar surface area (TPSA) is 63.6 Å². The van der Waals surface area contributed by atoms with Gasteiger partial charge in [-0.25, -0.2) is 4.79 Å². The maximum Gasteiger partial charge on any atom is 0.330 e. The van der Waals surface area contributed by atoms with Crippen LogP contribution < -0.4 is 0 Å². The van der Waals surface area contributed by atoms with Gasteiger partial charge in [-0.1, -0.05) is 6.58 Å². The Labute approximate surface area is 68.4 Å². The Bertz CT molecular complexity index is 152. The molecule has 0 bridgehead atoms. The van der Waals surface area contributed by atoms with Gasteiger partial charge in [0, 0.05) is 12.5 Å². The zero-order valence-electron chi connectivity index (χ0n) is 6.88. The summed E-state index contributed by atoms with van der Waals surface area (Å²) in [7, 11) is 0.524. The molecule has 0 aliphatic heterocycles. The van der Waals surface area contributed by atoms with E-state index in [0.717, 1.165) is 0 Å². The number of carboxylic acid groups (broad SMARTS) is 1. The van der Waals surface area contributed by atoms with Crippen molar-refractivity contribution in [3.8, 4) is 0 Å². The minimum atomic E-state index is -0.935. The quantitative estimate of drug-likeness (QED) is 0.431. The van der Waals surface area contributed by atoms with Gasteiger partial charge in [-0.3, -0.25) is 4.79 Å². The number of carboxylic acids is 1. The predicted molar refractivity (Wildman–Crippen MR) is 44.2 cm³/mol. The van der Waals surface area contributed by atoms with Gasteiger partial charge in [0.25, 0.3) is 5.97 Å². The standard InChI is InChI=1S/C4H6O2.C2H6O2Si/c1-3(2)4(5)6;1-2(3)4-5/h1H2,2H3,(H,5,6);1,5H3. The molecule has 0 saturated carbocycles. The fourth-order valence-corrected chi connectivity index (χ4v) is 0. The number of rotatable bonds is 1. The summed E-state index contributed by atoms with van der Waals surface area (Å²) in [4.78, 5) is 19.2. The first kappa shape index (κ1) is 12.6. The lowest BCUT2D eigenvalue weighted by Gasteiger charge is -1.82. The second kappa shape index (κ2) is 7.01. The first-order valence-electron chi connectivity index (χ1n) is 2.85. The van der Waals surface area contributed by atoms with Crippen molar-refractivity contribution < 1.29 is 19.1 Å². The van der Waals surface area contributed by atoms with Crippen LogP contribution in [0.15, 0.2) is 12.2 Å². The lowest BCUT2D eigenvalue weighted by atomic mass is 10.4. The molecule has 0 atom stereocenters. The summed E-state index contributed by atoms with van der Waals surface area (Å²) in [6.07, 6.45) is 0. The van der Waals surface area contributed by atoms with Crippen LogP contribution in [0.4, 0.5) is 0 Å². The first-order valence-corrected chi connectivity index (χ1v) is 3.66. The Morgan fingerprint density at radius 1 is 1.45 bits per heavy atom. The van der Waals surface area contributed by atoms with Gasteiger partial charge in [-0.15, -0.1) is 0 Å². The molecule has 5 heteroatoms. The Morgan fingerprint density at radius 2 is 1.64 bits per heavy atom. The highest BCUT2D eigenvalue weighted by Gasteiger charge is 1.90. The fourth-order valence-electron chi connectivity index (χ4n) is 0. The van der Waals surface area contributed by atoms with Gasteiger partial charge in [0.15, 0.2) is 0 Å². The molecular formula is C6H12O4Si. The van der Waals surface area contributed by atoms with Crippen LogP contribution in [-0.4, -0.2) is 27.5 Å². The lowest BCUT2D eigenvalue weighted by molar-refractivity contribution is -0.133. The van der Waals surface area contributed by atoms with Gasteiger partial charge in [0.05, 0.1) is 0 Å². The van der Waals surface area contributed by atoms with Crippen LogP contribution in [-0.2, 0) is 14.0 Å². The number of aliphatic carboxylic acids is 1. The SMILES string of the molecule is C=C(C)C(=O)O.CC(=O)O[SiH3]. The van der Waals surface area contributed by atoms with Gasteiger partial charge < -0.3 is 9.53 Å². The molecule has 1 N–H and O–H groups in total. The van der Waals surface area contributed by atoms with Gasteiger partial charge in [-0.05, 0) is 6.92 Å². The maximum atomic E-state index is 9.62. The molecule has 0 amide bonds. The Morgan fingerprint density at radius 3 is 1.64 bits per heavy atom. The van der Waals surface area contributed by atoms with E-state index in [-0.39, 0.29) is 11.5 Å². The normalized spacial score (nSPS) is 7.45. The third kappa shape index (κ3) is 17.6. The van der Waals surface area contributed by atoms with Crippen molar-refractivity contribution >= 4 is 22.4 Å². The molecule has 0 fully saturated rings. The highest BCUT2D eigenvalue weighted by atomic mass is 28.2. The van der Waals surface area contributed by atoms with Crippen molar-refractivity contribution in [3.63, 3.8) is 0 Å². The van der Waals surface area contributed by atoms with E-state index in [1.807, 2.05) is 0 Å². The van der Waals surface area contributed by atoms with Crippen molar-refractivity contribution in [3.05, 3.63) is 12.2 Å². The zero-order valence-corrected chi connectivity index (χ0v) is 8.88. The summed E-state index contributed by atoms with van der Waals surface area (Å²) in [5.41, 5.74) is 0.176.